The van der Waals surface area contributed by atoms with Crippen LogP contribution in [0.25, 0.3) is 15.7 Å². The number of aromatic amines is 1. The minimum absolute atomic E-state index is 0.116. The van der Waals surface area contributed by atoms with Gasteiger partial charge in [0, 0.05) is 46.9 Å². The number of H-pyrrole nitrogens is 1. The van der Waals surface area contributed by atoms with Crippen LogP contribution in [0.3, 0.4) is 0 Å². The Labute approximate surface area is 241 Å². The van der Waals surface area contributed by atoms with E-state index >= 15 is 8.78 Å². The molecule has 1 aromatic heterocycles. The van der Waals surface area contributed by atoms with Gasteiger partial charge in [-0.3, -0.25) is 4.90 Å². The Hall–Kier alpha value is -3.62. The van der Waals surface area contributed by atoms with Crippen molar-refractivity contribution in [3.05, 3.63) is 81.8 Å². The van der Waals surface area contributed by atoms with Crippen molar-refractivity contribution >= 4 is 17.0 Å². The third-order valence-electron chi connectivity index (χ3n) is 8.03. The van der Waals surface area contributed by atoms with Crippen molar-refractivity contribution in [2.24, 2.45) is 5.92 Å². The first kappa shape index (κ1) is 29.9. The van der Waals surface area contributed by atoms with E-state index in [0.29, 0.717) is 12.1 Å². The van der Waals surface area contributed by atoms with E-state index < -0.39 is 66.1 Å². The summed E-state index contributed by atoms with van der Waals surface area (Å²) in [5, 5.41) is 10.2. The average molecular weight is 587 g/mol. The summed E-state index contributed by atoms with van der Waals surface area (Å²) in [7, 11) is 0. The van der Waals surface area contributed by atoms with E-state index in [0.717, 1.165) is 28.6 Å². The fraction of sp³-hybridized carbons (Fsp3) is 0.484. The van der Waals surface area contributed by atoms with Gasteiger partial charge in [-0.25, -0.2) is 28.9 Å². The molecule has 2 aromatic carbocycles. The number of para-hydroxylation sites is 1. The third kappa shape index (κ3) is 5.57. The first-order chi connectivity index (χ1) is 19.7. The second kappa shape index (κ2) is 10.9. The quantitative estimate of drug-likeness (QED) is 0.265. The summed E-state index contributed by atoms with van der Waals surface area (Å²) in [6, 6.07) is 6.88. The fourth-order valence-corrected chi connectivity index (χ4v) is 6.06. The number of hydrogen-bond acceptors (Lipinski definition) is 4. The molecule has 3 atom stereocenters. The van der Waals surface area contributed by atoms with Crippen LogP contribution in [0.15, 0.2) is 36.4 Å². The predicted molar refractivity (Wildman–Crippen MR) is 149 cm³/mol. The van der Waals surface area contributed by atoms with E-state index in [4.69, 9.17) is 11.3 Å². The molecule has 1 fully saturated rings. The number of hydrogen-bond donors (Lipinski definition) is 2. The summed E-state index contributed by atoms with van der Waals surface area (Å²) in [6.45, 7) is 12.8. The molecule has 1 saturated heterocycles. The van der Waals surface area contributed by atoms with Crippen molar-refractivity contribution in [3.63, 3.8) is 0 Å². The second-order valence-corrected chi connectivity index (χ2v) is 12.3. The number of rotatable bonds is 6. The summed E-state index contributed by atoms with van der Waals surface area (Å²) in [5.74, 6) is -5.76. The minimum Gasteiger partial charge on any atom is -0.444 e. The molecule has 7 nitrogen and oxygen atoms in total. The molecule has 0 saturated carbocycles. The number of nitrogens with zero attached hydrogens (tertiary/aromatic N) is 3. The molecule has 0 radical (unpaired) electrons. The molecule has 3 aromatic rings. The van der Waals surface area contributed by atoms with Gasteiger partial charge in [-0.05, 0) is 57.9 Å². The molecule has 0 aliphatic carbocycles. The molecule has 0 bridgehead atoms. The molecule has 3 heterocycles. The SMILES string of the molecule is [C-]#[N+]C(c1cc(F)c([C@@H]2c3[nH]c4ccccc4c3C[C@@H](C)N2CC(F)(F)CO)c(F)c1)C1CN(C(=O)OC(C)(C)C)C1. The largest absolute Gasteiger partial charge is 0.444 e. The van der Waals surface area contributed by atoms with Crippen LogP contribution in [-0.2, 0) is 11.2 Å². The van der Waals surface area contributed by atoms with Crippen LogP contribution in [0.1, 0.15) is 62.2 Å². The van der Waals surface area contributed by atoms with Gasteiger partial charge < -0.3 is 24.6 Å². The Balaban J connectivity index is 1.51. The number of amides is 1. The highest BCUT2D eigenvalue weighted by molar-refractivity contribution is 5.85. The molecular weight excluding hydrogens is 552 g/mol. The minimum atomic E-state index is -3.50. The maximum Gasteiger partial charge on any atom is 0.410 e. The molecule has 224 valence electrons. The Morgan fingerprint density at radius 3 is 2.43 bits per heavy atom. The molecule has 2 N–H and O–H groups in total. The van der Waals surface area contributed by atoms with Crippen LogP contribution in [0.4, 0.5) is 22.4 Å². The lowest BCUT2D eigenvalue weighted by atomic mass is 9.84. The van der Waals surface area contributed by atoms with Gasteiger partial charge in [0.25, 0.3) is 12.0 Å². The number of aliphatic hydroxyl groups excluding tert-OH is 1. The topological polar surface area (TPSA) is 73.2 Å². The van der Waals surface area contributed by atoms with Gasteiger partial charge in [-0.2, -0.15) is 0 Å². The second-order valence-electron chi connectivity index (χ2n) is 12.3. The van der Waals surface area contributed by atoms with Crippen LogP contribution in [0, 0.1) is 24.1 Å². The van der Waals surface area contributed by atoms with Crippen molar-refractivity contribution in [2.75, 3.05) is 26.2 Å². The molecule has 5 rings (SSSR count). The zero-order valence-corrected chi connectivity index (χ0v) is 23.9. The summed E-state index contributed by atoms with van der Waals surface area (Å²) in [6.07, 6.45) is -0.149. The zero-order chi connectivity index (χ0) is 30.6. The number of carbonyl (C=O) groups excluding carboxylic acids is 1. The van der Waals surface area contributed by atoms with Gasteiger partial charge in [-0.1, -0.05) is 18.2 Å². The molecule has 42 heavy (non-hydrogen) atoms. The van der Waals surface area contributed by atoms with Gasteiger partial charge in [0.15, 0.2) is 0 Å². The van der Waals surface area contributed by atoms with Crippen LogP contribution >= 0.6 is 0 Å². The number of aromatic nitrogens is 1. The van der Waals surface area contributed by atoms with Crippen molar-refractivity contribution < 1.29 is 32.2 Å². The van der Waals surface area contributed by atoms with Crippen molar-refractivity contribution in [1.29, 1.82) is 0 Å². The van der Waals surface area contributed by atoms with E-state index in [1.807, 2.05) is 24.3 Å². The lowest BCUT2D eigenvalue weighted by molar-refractivity contribution is -0.0869. The molecule has 1 unspecified atom stereocenters. The molecule has 2 aliphatic heterocycles. The maximum atomic E-state index is 16.0. The van der Waals surface area contributed by atoms with Gasteiger partial charge in [0.1, 0.15) is 23.8 Å². The first-order valence-electron chi connectivity index (χ1n) is 13.9. The molecular formula is C31H34F4N4O3. The Bertz CT molecular complexity index is 1510. The number of ether oxygens (including phenoxy) is 1. The van der Waals surface area contributed by atoms with Crippen LogP contribution in [-0.4, -0.2) is 69.8 Å². The van der Waals surface area contributed by atoms with Crippen LogP contribution < -0.4 is 0 Å². The van der Waals surface area contributed by atoms with Gasteiger partial charge in [0.05, 0.1) is 18.5 Å². The normalized spacial score (nSPS) is 20.6. The molecule has 1 amide bonds. The van der Waals surface area contributed by atoms with Crippen LogP contribution in [0.5, 0.6) is 0 Å². The van der Waals surface area contributed by atoms with E-state index in [1.54, 1.807) is 27.7 Å². The van der Waals surface area contributed by atoms with Crippen molar-refractivity contribution in [2.45, 2.75) is 63.8 Å². The zero-order valence-electron chi connectivity index (χ0n) is 23.9. The summed E-state index contributed by atoms with van der Waals surface area (Å²) in [5.41, 5.74) is 0.971. The summed E-state index contributed by atoms with van der Waals surface area (Å²) in [4.78, 5) is 21.9. The standard InChI is InChI=1S/C31H34F4N4O3/c1-17-10-21-20-8-6-7-9-24(20)37-27(21)28(39(17)15-31(34,35)16-40)25-22(32)11-18(12-23(25)33)26(36-5)19-13-38(14-19)29(41)42-30(2,3)4/h6-9,11-12,17,19,26,28,37,40H,10,13-16H2,1-4H3/t17-,26?,28-/m1/s1. The van der Waals surface area contributed by atoms with Gasteiger partial charge in [-0.15, -0.1) is 0 Å². The number of benzene rings is 2. The Morgan fingerprint density at radius 1 is 1.19 bits per heavy atom. The number of carbonyl (C=O) groups is 1. The first-order valence-corrected chi connectivity index (χ1v) is 13.9. The Morgan fingerprint density at radius 2 is 1.83 bits per heavy atom. The number of nitrogens with one attached hydrogen (secondary N) is 1. The van der Waals surface area contributed by atoms with E-state index in [9.17, 15) is 18.7 Å². The number of alkyl halides is 2. The fourth-order valence-electron chi connectivity index (χ4n) is 6.06. The van der Waals surface area contributed by atoms with Gasteiger partial charge in [0.2, 0.25) is 0 Å². The summed E-state index contributed by atoms with van der Waals surface area (Å²) >= 11 is 0. The molecule has 0 spiro atoms. The van der Waals surface area contributed by atoms with Gasteiger partial charge >= 0.3 is 6.09 Å². The summed E-state index contributed by atoms with van der Waals surface area (Å²) < 4.78 is 66.5. The Kier molecular flexibility index (Phi) is 7.75. The predicted octanol–water partition coefficient (Wildman–Crippen LogP) is 6.24. The lowest BCUT2D eigenvalue weighted by Gasteiger charge is -2.42. The molecule has 11 heteroatoms. The number of aliphatic hydroxyl groups is 1. The van der Waals surface area contributed by atoms with Crippen molar-refractivity contribution in [3.8, 4) is 0 Å². The molecule has 2 aliphatic rings. The third-order valence-corrected chi connectivity index (χ3v) is 8.03. The maximum absolute atomic E-state index is 16.0. The lowest BCUT2D eigenvalue weighted by Crippen LogP contribution is -2.53. The monoisotopic (exact) mass is 586 g/mol. The number of fused-ring (bicyclic) bond motifs is 3. The van der Waals surface area contributed by atoms with Crippen LogP contribution in [0.2, 0.25) is 0 Å². The van der Waals surface area contributed by atoms with E-state index in [-0.39, 0.29) is 24.6 Å². The highest BCUT2D eigenvalue weighted by atomic mass is 19.3. The van der Waals surface area contributed by atoms with Crippen molar-refractivity contribution in [1.82, 2.24) is 14.8 Å². The van der Waals surface area contributed by atoms with E-state index in [1.165, 1.54) is 9.80 Å². The average Bonchev–Trinajstić information content (AvgIpc) is 3.23. The van der Waals surface area contributed by atoms with E-state index in [2.05, 4.69) is 9.83 Å². The number of likely N-dealkylation sites (tertiary alicyclic amines) is 1. The highest BCUT2D eigenvalue weighted by Crippen LogP contribution is 2.44. The number of halogens is 4. The highest BCUT2D eigenvalue weighted by Gasteiger charge is 2.45. The smallest absolute Gasteiger partial charge is 0.410 e.